The zero-order chi connectivity index (χ0) is 17.7. The molecule has 144 valence electrons. The van der Waals surface area contributed by atoms with Crippen LogP contribution >= 0.6 is 24.0 Å². The van der Waals surface area contributed by atoms with Crippen molar-refractivity contribution >= 4 is 45.7 Å². The lowest BCUT2D eigenvalue weighted by Gasteiger charge is -2.36. The third kappa shape index (κ3) is 7.12. The highest BCUT2D eigenvalue weighted by Gasteiger charge is 2.28. The van der Waals surface area contributed by atoms with E-state index in [9.17, 15) is 13.2 Å². The molecule has 0 aromatic heterocycles. The lowest BCUT2D eigenvalue weighted by molar-refractivity contribution is -0.130. The second kappa shape index (κ2) is 9.75. The number of carbonyl (C=O) groups excluding carboxylic acids is 1. The summed E-state index contributed by atoms with van der Waals surface area (Å²) in [5.41, 5.74) is 0.972. The van der Waals surface area contributed by atoms with Crippen molar-refractivity contribution in [2.24, 2.45) is 10.9 Å². The smallest absolute Gasteiger partial charge is 0.219 e. The van der Waals surface area contributed by atoms with Gasteiger partial charge in [0.15, 0.2) is 15.8 Å². The van der Waals surface area contributed by atoms with Crippen molar-refractivity contribution in [3.63, 3.8) is 0 Å². The zero-order valence-corrected chi connectivity index (χ0v) is 18.2. The minimum atomic E-state index is -2.86. The molecule has 2 aliphatic heterocycles. The molecule has 1 amide bonds. The maximum atomic E-state index is 11.6. The fourth-order valence-corrected chi connectivity index (χ4v) is 4.84. The number of halogens is 1. The van der Waals surface area contributed by atoms with E-state index in [-0.39, 0.29) is 47.3 Å². The van der Waals surface area contributed by atoms with E-state index in [1.54, 1.807) is 6.92 Å². The number of aliphatic imine (C=N–C) groups is 1. The Bertz CT molecular complexity index is 613. The summed E-state index contributed by atoms with van der Waals surface area (Å²) in [4.78, 5) is 20.0. The average molecular weight is 484 g/mol. The predicted octanol–water partition coefficient (Wildman–Crippen LogP) is 0.725. The van der Waals surface area contributed by atoms with Crippen LogP contribution < -0.4 is 5.32 Å². The molecule has 0 aromatic rings. The minimum absolute atomic E-state index is 0. The Kier molecular flexibility index (Phi) is 8.66. The van der Waals surface area contributed by atoms with Crippen LogP contribution in [0.15, 0.2) is 17.1 Å². The first-order valence-electron chi connectivity index (χ1n) is 8.40. The Morgan fingerprint density at radius 3 is 2.28 bits per heavy atom. The number of hydrogen-bond donors (Lipinski definition) is 1. The average Bonchev–Trinajstić information content (AvgIpc) is 2.86. The van der Waals surface area contributed by atoms with Gasteiger partial charge in [0.2, 0.25) is 5.91 Å². The van der Waals surface area contributed by atoms with E-state index in [1.807, 2.05) is 11.8 Å². The molecule has 9 heteroatoms. The molecular weight excluding hydrogens is 455 g/mol. The van der Waals surface area contributed by atoms with Gasteiger partial charge in [0.1, 0.15) is 0 Å². The van der Waals surface area contributed by atoms with E-state index in [1.165, 1.54) is 0 Å². The van der Waals surface area contributed by atoms with Gasteiger partial charge in [-0.2, -0.15) is 0 Å². The SMILES string of the molecule is C=C(C)CN=C(NCC1CCS(=O)(=O)C1)N1CCN(C(C)=O)CC1.I. The van der Waals surface area contributed by atoms with Gasteiger partial charge < -0.3 is 15.1 Å². The number of nitrogens with one attached hydrogen (secondary N) is 1. The van der Waals surface area contributed by atoms with Crippen LogP contribution in [0.5, 0.6) is 0 Å². The van der Waals surface area contributed by atoms with Gasteiger partial charge in [0, 0.05) is 39.6 Å². The molecule has 2 fully saturated rings. The molecule has 2 aliphatic rings. The molecule has 0 aromatic carbocycles. The van der Waals surface area contributed by atoms with Gasteiger partial charge in [-0.25, -0.2) is 13.4 Å². The molecule has 7 nitrogen and oxygen atoms in total. The van der Waals surface area contributed by atoms with Crippen molar-refractivity contribution in [2.45, 2.75) is 20.3 Å². The van der Waals surface area contributed by atoms with E-state index < -0.39 is 9.84 Å². The summed E-state index contributed by atoms with van der Waals surface area (Å²) < 4.78 is 23.2. The van der Waals surface area contributed by atoms with Crippen LogP contribution in [0.1, 0.15) is 20.3 Å². The van der Waals surface area contributed by atoms with Crippen LogP contribution in [0.4, 0.5) is 0 Å². The minimum Gasteiger partial charge on any atom is -0.356 e. The zero-order valence-electron chi connectivity index (χ0n) is 15.0. The fourth-order valence-electron chi connectivity index (χ4n) is 2.98. The molecule has 1 atom stereocenters. The van der Waals surface area contributed by atoms with Crippen molar-refractivity contribution in [3.8, 4) is 0 Å². The highest BCUT2D eigenvalue weighted by atomic mass is 127. The van der Waals surface area contributed by atoms with E-state index in [0.717, 1.165) is 24.6 Å². The first-order chi connectivity index (χ1) is 11.3. The number of rotatable bonds is 4. The van der Waals surface area contributed by atoms with Gasteiger partial charge in [-0.3, -0.25) is 4.79 Å². The molecule has 0 radical (unpaired) electrons. The quantitative estimate of drug-likeness (QED) is 0.275. The summed E-state index contributed by atoms with van der Waals surface area (Å²) in [6.45, 7) is 11.4. The molecule has 0 spiro atoms. The number of sulfone groups is 1. The molecule has 25 heavy (non-hydrogen) atoms. The Morgan fingerprint density at radius 2 is 1.80 bits per heavy atom. The number of guanidine groups is 1. The van der Waals surface area contributed by atoms with Crippen LogP contribution in [0.25, 0.3) is 0 Å². The highest BCUT2D eigenvalue weighted by Crippen LogP contribution is 2.17. The summed E-state index contributed by atoms with van der Waals surface area (Å²) >= 11 is 0. The first-order valence-corrected chi connectivity index (χ1v) is 10.2. The predicted molar refractivity (Wildman–Crippen MR) is 111 cm³/mol. The summed E-state index contributed by atoms with van der Waals surface area (Å²) in [6, 6.07) is 0. The maximum Gasteiger partial charge on any atom is 0.219 e. The third-order valence-corrected chi connectivity index (χ3v) is 6.24. The lowest BCUT2D eigenvalue weighted by Crippen LogP contribution is -2.54. The molecule has 0 aliphatic carbocycles. The summed E-state index contributed by atoms with van der Waals surface area (Å²) in [7, 11) is -2.86. The van der Waals surface area contributed by atoms with E-state index in [0.29, 0.717) is 32.6 Å². The summed E-state index contributed by atoms with van der Waals surface area (Å²) in [5, 5.41) is 3.34. The van der Waals surface area contributed by atoms with Gasteiger partial charge >= 0.3 is 0 Å². The summed E-state index contributed by atoms with van der Waals surface area (Å²) in [5.74, 6) is 1.56. The van der Waals surface area contributed by atoms with Gasteiger partial charge in [-0.1, -0.05) is 12.2 Å². The van der Waals surface area contributed by atoms with E-state index in [4.69, 9.17) is 0 Å². The number of amides is 1. The monoisotopic (exact) mass is 484 g/mol. The van der Waals surface area contributed by atoms with Gasteiger partial charge in [-0.15, -0.1) is 24.0 Å². The summed E-state index contributed by atoms with van der Waals surface area (Å²) in [6.07, 6.45) is 0.710. The molecule has 0 saturated carbocycles. The van der Waals surface area contributed by atoms with Gasteiger partial charge in [0.05, 0.1) is 18.1 Å². The number of nitrogens with zero attached hydrogens (tertiary/aromatic N) is 3. The van der Waals surface area contributed by atoms with Crippen LogP contribution in [-0.2, 0) is 14.6 Å². The van der Waals surface area contributed by atoms with Crippen molar-refractivity contribution in [1.29, 1.82) is 0 Å². The molecule has 0 bridgehead atoms. The van der Waals surface area contributed by atoms with E-state index in [2.05, 4.69) is 21.8 Å². The van der Waals surface area contributed by atoms with E-state index >= 15 is 0 Å². The molecular formula is C16H29IN4O3S. The highest BCUT2D eigenvalue weighted by molar-refractivity contribution is 14.0. The normalized spacial score (nSPS) is 23.1. The Balaban J connectivity index is 0.00000312. The second-order valence-corrected chi connectivity index (χ2v) is 8.97. The lowest BCUT2D eigenvalue weighted by atomic mass is 10.1. The molecule has 2 rings (SSSR count). The Labute approximate surface area is 167 Å². The number of hydrogen-bond acceptors (Lipinski definition) is 4. The Morgan fingerprint density at radius 1 is 1.20 bits per heavy atom. The van der Waals surface area contributed by atoms with Crippen LogP contribution in [0.2, 0.25) is 0 Å². The molecule has 2 heterocycles. The third-order valence-electron chi connectivity index (χ3n) is 4.40. The standard InChI is InChI=1S/C16H28N4O3S.HI/c1-13(2)10-17-16(18-11-15-4-9-24(22,23)12-15)20-7-5-19(6-8-20)14(3)21;/h15H,1,4-12H2,2-3H3,(H,17,18);1H. The molecule has 1 N–H and O–H groups in total. The fraction of sp³-hybridized carbons (Fsp3) is 0.750. The molecule has 1 unspecified atom stereocenters. The van der Waals surface area contributed by atoms with Crippen LogP contribution in [-0.4, -0.2) is 80.9 Å². The van der Waals surface area contributed by atoms with Gasteiger partial charge in [0.25, 0.3) is 0 Å². The van der Waals surface area contributed by atoms with Crippen molar-refractivity contribution in [3.05, 3.63) is 12.2 Å². The topological polar surface area (TPSA) is 82.1 Å². The largest absolute Gasteiger partial charge is 0.356 e. The molecule has 2 saturated heterocycles. The van der Waals surface area contributed by atoms with Crippen molar-refractivity contribution in [1.82, 2.24) is 15.1 Å². The second-order valence-electron chi connectivity index (χ2n) is 6.74. The van der Waals surface area contributed by atoms with Crippen molar-refractivity contribution in [2.75, 3.05) is 50.8 Å². The maximum absolute atomic E-state index is 11.6. The van der Waals surface area contributed by atoms with Crippen LogP contribution in [0, 0.1) is 5.92 Å². The van der Waals surface area contributed by atoms with Crippen LogP contribution in [0.3, 0.4) is 0 Å². The first kappa shape index (κ1) is 22.2. The van der Waals surface area contributed by atoms with Gasteiger partial charge in [-0.05, 0) is 19.3 Å². The number of piperazine rings is 1. The number of carbonyl (C=O) groups is 1. The Hall–Kier alpha value is -0.840. The van der Waals surface area contributed by atoms with Crippen molar-refractivity contribution < 1.29 is 13.2 Å².